The van der Waals surface area contributed by atoms with Crippen LogP contribution in [-0.2, 0) is 9.59 Å². The average Bonchev–Trinajstić information content (AvgIpc) is 3.26. The highest BCUT2D eigenvalue weighted by atomic mass is 35.5. The van der Waals surface area contributed by atoms with Crippen molar-refractivity contribution in [3.05, 3.63) is 53.6 Å². The van der Waals surface area contributed by atoms with Crippen LogP contribution in [0.25, 0.3) is 0 Å². The first kappa shape index (κ1) is 21.6. The largest absolute Gasteiger partial charge is 0.495 e. The number of hydrogen-bond acceptors (Lipinski definition) is 7. The number of hydrazine groups is 1. The topological polar surface area (TPSA) is 86.3 Å². The zero-order chi connectivity index (χ0) is 22.0. The summed E-state index contributed by atoms with van der Waals surface area (Å²) in [5.41, 5.74) is 7.38. The van der Waals surface area contributed by atoms with E-state index in [2.05, 4.69) is 10.9 Å². The molecule has 0 saturated carbocycles. The molecule has 162 valence electrons. The molecule has 8 nitrogen and oxygen atoms in total. The number of thioether (sulfide) groups is 1. The Hall–Kier alpha value is -2.59. The van der Waals surface area contributed by atoms with E-state index in [-0.39, 0.29) is 29.7 Å². The van der Waals surface area contributed by atoms with Gasteiger partial charge < -0.3 is 9.64 Å². The van der Waals surface area contributed by atoms with Crippen molar-refractivity contribution in [3.8, 4) is 5.75 Å². The van der Waals surface area contributed by atoms with Gasteiger partial charge in [-0.15, -0.1) is 0 Å². The van der Waals surface area contributed by atoms with E-state index in [1.807, 2.05) is 30.3 Å². The summed E-state index contributed by atoms with van der Waals surface area (Å²) in [4.78, 5) is 33.8. The van der Waals surface area contributed by atoms with Crippen LogP contribution in [0.4, 0.5) is 11.4 Å². The molecule has 1 fully saturated rings. The minimum Gasteiger partial charge on any atom is -0.495 e. The van der Waals surface area contributed by atoms with Gasteiger partial charge in [-0.1, -0.05) is 41.6 Å². The first-order valence-corrected chi connectivity index (χ1v) is 11.0. The van der Waals surface area contributed by atoms with Gasteiger partial charge in [0.1, 0.15) is 11.9 Å². The van der Waals surface area contributed by atoms with E-state index >= 15 is 0 Å². The Morgan fingerprint density at radius 1 is 1.32 bits per heavy atom. The Morgan fingerprint density at radius 3 is 2.81 bits per heavy atom. The average molecular weight is 460 g/mol. The summed E-state index contributed by atoms with van der Waals surface area (Å²) in [6, 6.07) is 14.5. The van der Waals surface area contributed by atoms with E-state index in [4.69, 9.17) is 21.3 Å². The van der Waals surface area contributed by atoms with E-state index in [9.17, 15) is 9.59 Å². The number of ether oxygens (including phenoxy) is 1. The zero-order valence-electron chi connectivity index (χ0n) is 17.0. The number of aliphatic imine (C=N–C) groups is 1. The number of rotatable bonds is 5. The van der Waals surface area contributed by atoms with Crippen LogP contribution in [0.1, 0.15) is 0 Å². The number of fused-ring (bicyclic) bond motifs is 1. The van der Waals surface area contributed by atoms with E-state index in [0.717, 1.165) is 5.69 Å². The van der Waals surface area contributed by atoms with E-state index in [1.165, 1.54) is 23.8 Å². The molecule has 0 bridgehead atoms. The Kier molecular flexibility index (Phi) is 6.47. The summed E-state index contributed by atoms with van der Waals surface area (Å²) in [5.74, 6) is 0.0994. The van der Waals surface area contributed by atoms with Gasteiger partial charge in [0.2, 0.25) is 11.8 Å². The Morgan fingerprint density at radius 2 is 2.10 bits per heavy atom. The van der Waals surface area contributed by atoms with Crippen LogP contribution in [0.15, 0.2) is 53.5 Å². The molecule has 0 aliphatic carbocycles. The fourth-order valence-corrected chi connectivity index (χ4v) is 4.63. The summed E-state index contributed by atoms with van der Waals surface area (Å²) in [7, 11) is 3.26. The minimum atomic E-state index is -0.373. The van der Waals surface area contributed by atoms with Gasteiger partial charge in [0.05, 0.1) is 29.5 Å². The molecule has 4 rings (SSSR count). The highest BCUT2D eigenvalue weighted by Gasteiger charge is 2.42. The lowest BCUT2D eigenvalue weighted by atomic mass is 10.0. The number of nitrogens with zero attached hydrogens (tertiary/aromatic N) is 3. The normalized spacial score (nSPS) is 20.3. The number of benzene rings is 2. The van der Waals surface area contributed by atoms with Gasteiger partial charge in [-0.3, -0.25) is 19.9 Å². The third-order valence-corrected chi connectivity index (χ3v) is 6.40. The van der Waals surface area contributed by atoms with Gasteiger partial charge in [-0.2, -0.15) is 0 Å². The van der Waals surface area contributed by atoms with Crippen LogP contribution in [0.3, 0.4) is 0 Å². The molecule has 2 aliphatic rings. The van der Waals surface area contributed by atoms with Crippen LogP contribution in [0.2, 0.25) is 5.02 Å². The van der Waals surface area contributed by atoms with E-state index in [0.29, 0.717) is 28.2 Å². The van der Waals surface area contributed by atoms with E-state index in [1.54, 1.807) is 30.1 Å². The lowest BCUT2D eigenvalue weighted by Crippen LogP contribution is -2.49. The zero-order valence-corrected chi connectivity index (χ0v) is 18.6. The first-order chi connectivity index (χ1) is 15.0. The number of halogens is 1. The summed E-state index contributed by atoms with van der Waals surface area (Å²) in [6.45, 7) is 0.473. The fraction of sp³-hybridized carbons (Fsp3) is 0.286. The quantitative estimate of drug-likeness (QED) is 0.714. The number of hydrogen-bond donors (Lipinski definition) is 2. The summed E-state index contributed by atoms with van der Waals surface area (Å²) in [6.07, 6.45) is -0.373. The van der Waals surface area contributed by atoms with Crippen LogP contribution in [0, 0.1) is 5.92 Å². The van der Waals surface area contributed by atoms with Crippen molar-refractivity contribution < 1.29 is 14.3 Å². The van der Waals surface area contributed by atoms with Gasteiger partial charge in [-0.05, 0) is 30.3 Å². The molecule has 2 atom stereocenters. The monoisotopic (exact) mass is 459 g/mol. The second-order valence-corrected chi connectivity index (χ2v) is 8.41. The van der Waals surface area contributed by atoms with Crippen LogP contribution < -0.4 is 25.4 Å². The number of anilines is 2. The highest BCUT2D eigenvalue weighted by Crippen LogP contribution is 2.34. The summed E-state index contributed by atoms with van der Waals surface area (Å²) >= 11 is 7.52. The van der Waals surface area contributed by atoms with Crippen LogP contribution >= 0.6 is 23.4 Å². The Labute approximate surface area is 189 Å². The predicted molar refractivity (Wildman–Crippen MR) is 124 cm³/mol. The third kappa shape index (κ3) is 4.40. The molecule has 10 heteroatoms. The van der Waals surface area contributed by atoms with Crippen molar-refractivity contribution in [2.75, 3.05) is 36.3 Å². The van der Waals surface area contributed by atoms with Crippen LogP contribution in [0.5, 0.6) is 5.75 Å². The smallest absolute Gasteiger partial charge is 0.241 e. The lowest BCUT2D eigenvalue weighted by molar-refractivity contribution is -0.121. The molecule has 2 amide bonds. The van der Waals surface area contributed by atoms with Gasteiger partial charge >= 0.3 is 0 Å². The number of nitrogens with one attached hydrogen (secondary N) is 2. The molecule has 0 radical (unpaired) electrons. The maximum atomic E-state index is 13.3. The van der Waals surface area contributed by atoms with E-state index < -0.39 is 0 Å². The standard InChI is InChI=1S/C21H22ClN5O3S/c1-26(13-6-4-3-5-7-13)18(28)12-31-21-24-19-15(11-23-25-19)20(29)27(21)14-8-9-17(30-2)16(22)10-14/h3-10,15,19,23,25H,11-12H2,1-2H3. The maximum Gasteiger partial charge on any atom is 0.241 e. The fourth-order valence-electron chi connectivity index (χ4n) is 3.42. The van der Waals surface area contributed by atoms with Gasteiger partial charge in [0, 0.05) is 19.3 Å². The first-order valence-electron chi connectivity index (χ1n) is 9.67. The van der Waals surface area contributed by atoms with Crippen molar-refractivity contribution in [3.63, 3.8) is 0 Å². The molecule has 1 saturated heterocycles. The molecule has 0 spiro atoms. The third-order valence-electron chi connectivity index (χ3n) is 5.17. The van der Waals surface area contributed by atoms with Crippen LogP contribution in [-0.4, -0.2) is 49.6 Å². The SMILES string of the molecule is COc1ccc(N2C(=O)C3CNNC3N=C2SCC(=O)N(C)c2ccccc2)cc1Cl. The molecular weight excluding hydrogens is 438 g/mol. The molecule has 2 aliphatic heterocycles. The van der Waals surface area contributed by atoms with Gasteiger partial charge in [0.25, 0.3) is 0 Å². The van der Waals surface area contributed by atoms with Crippen molar-refractivity contribution in [2.45, 2.75) is 6.17 Å². The number of carbonyl (C=O) groups is 2. The van der Waals surface area contributed by atoms with Gasteiger partial charge in [0.15, 0.2) is 5.17 Å². The van der Waals surface area contributed by atoms with Gasteiger partial charge in [-0.25, -0.2) is 10.4 Å². The summed E-state index contributed by atoms with van der Waals surface area (Å²) in [5, 5.41) is 0.834. The number of amides is 2. The predicted octanol–water partition coefficient (Wildman–Crippen LogP) is 2.50. The number of amidine groups is 1. The molecule has 2 unspecified atom stereocenters. The summed E-state index contributed by atoms with van der Waals surface area (Å²) < 4.78 is 5.22. The van der Waals surface area contributed by atoms with Crippen molar-refractivity contribution in [2.24, 2.45) is 10.9 Å². The molecule has 2 aromatic carbocycles. The number of methoxy groups -OCH3 is 1. The second kappa shape index (κ2) is 9.27. The molecule has 2 heterocycles. The molecular formula is C21H22ClN5O3S. The maximum absolute atomic E-state index is 13.3. The number of para-hydroxylation sites is 1. The highest BCUT2D eigenvalue weighted by molar-refractivity contribution is 8.14. The van der Waals surface area contributed by atoms with Crippen molar-refractivity contribution in [1.82, 2.24) is 10.9 Å². The van der Waals surface area contributed by atoms with Crippen molar-refractivity contribution in [1.29, 1.82) is 0 Å². The Balaban J connectivity index is 1.58. The van der Waals surface area contributed by atoms with Crippen molar-refractivity contribution >= 4 is 51.7 Å². The molecule has 2 N–H and O–H groups in total. The second-order valence-electron chi connectivity index (χ2n) is 7.06. The molecule has 0 aromatic heterocycles. The lowest BCUT2D eigenvalue weighted by Gasteiger charge is -2.32. The minimum absolute atomic E-state index is 0.0984. The molecule has 2 aromatic rings. The molecule has 31 heavy (non-hydrogen) atoms. The number of carbonyl (C=O) groups excluding carboxylic acids is 2. The Bertz CT molecular complexity index is 1020.